The average molecular weight is 296 g/mol. The molecule has 2 aromatic carbocycles. The minimum absolute atomic E-state index is 0.276. The highest BCUT2D eigenvalue weighted by molar-refractivity contribution is 6.03. The van der Waals surface area contributed by atoms with Gasteiger partial charge in [0.2, 0.25) is 0 Å². The Balaban J connectivity index is 2.29. The fourth-order valence-electron chi connectivity index (χ4n) is 2.43. The molecule has 0 bridgehead atoms. The summed E-state index contributed by atoms with van der Waals surface area (Å²) in [5.74, 6) is 0.200. The fraction of sp³-hybridized carbons (Fsp3) is 0.176. The van der Waals surface area contributed by atoms with E-state index in [4.69, 9.17) is 9.47 Å². The Morgan fingerprint density at radius 2 is 1.95 bits per heavy atom. The van der Waals surface area contributed by atoms with Crippen molar-refractivity contribution in [2.75, 3.05) is 14.2 Å². The third-order valence-corrected chi connectivity index (χ3v) is 3.51. The van der Waals surface area contributed by atoms with E-state index in [-0.39, 0.29) is 5.69 Å². The van der Waals surface area contributed by atoms with Crippen LogP contribution in [0.25, 0.3) is 16.6 Å². The number of aryl methyl sites for hydroxylation is 1. The van der Waals surface area contributed by atoms with Crippen molar-refractivity contribution in [3.8, 4) is 11.4 Å². The minimum atomic E-state index is -0.468. The zero-order valence-corrected chi connectivity index (χ0v) is 12.7. The van der Waals surface area contributed by atoms with E-state index in [0.717, 1.165) is 16.8 Å². The number of carbonyl (C=O) groups excluding carboxylic acids is 1. The predicted octanol–water partition coefficient (Wildman–Crippen LogP) is 3.13. The molecule has 0 unspecified atom stereocenters. The molecule has 0 atom stereocenters. The topological polar surface area (TPSA) is 53.3 Å². The molecule has 3 rings (SSSR count). The first kappa shape index (κ1) is 14.1. The molecular weight excluding hydrogens is 280 g/mol. The number of hydrogen-bond donors (Lipinski definition) is 0. The molecule has 5 heteroatoms. The number of methoxy groups -OCH3 is 2. The number of esters is 1. The van der Waals surface area contributed by atoms with Crippen LogP contribution in [0.3, 0.4) is 0 Å². The van der Waals surface area contributed by atoms with Crippen molar-refractivity contribution in [1.82, 2.24) is 9.78 Å². The van der Waals surface area contributed by atoms with Crippen LogP contribution in [-0.2, 0) is 4.74 Å². The summed E-state index contributed by atoms with van der Waals surface area (Å²) in [4.78, 5) is 12.0. The van der Waals surface area contributed by atoms with E-state index >= 15 is 0 Å². The second-order valence-corrected chi connectivity index (χ2v) is 4.97. The third kappa shape index (κ3) is 2.30. The molecule has 0 radical (unpaired) electrons. The van der Waals surface area contributed by atoms with Gasteiger partial charge in [-0.15, -0.1) is 0 Å². The minimum Gasteiger partial charge on any atom is -0.497 e. The highest BCUT2D eigenvalue weighted by Gasteiger charge is 2.19. The summed E-state index contributed by atoms with van der Waals surface area (Å²) in [6, 6.07) is 13.5. The van der Waals surface area contributed by atoms with E-state index in [2.05, 4.69) is 5.10 Å². The summed E-state index contributed by atoms with van der Waals surface area (Å²) in [5.41, 5.74) is 3.12. The number of carbonyl (C=O) groups is 1. The second-order valence-electron chi connectivity index (χ2n) is 4.97. The zero-order chi connectivity index (χ0) is 15.7. The van der Waals surface area contributed by atoms with Gasteiger partial charge in [0.05, 0.1) is 25.4 Å². The first-order chi connectivity index (χ1) is 10.6. The smallest absolute Gasteiger partial charge is 0.359 e. The molecule has 0 N–H and O–H groups in total. The van der Waals surface area contributed by atoms with Crippen LogP contribution >= 0.6 is 0 Å². The van der Waals surface area contributed by atoms with Gasteiger partial charge >= 0.3 is 5.97 Å². The maximum absolute atomic E-state index is 12.0. The summed E-state index contributed by atoms with van der Waals surface area (Å²) in [5, 5.41) is 5.13. The van der Waals surface area contributed by atoms with Gasteiger partial charge in [0.1, 0.15) is 5.75 Å². The summed E-state index contributed by atoms with van der Waals surface area (Å²) >= 11 is 0. The monoisotopic (exact) mass is 296 g/mol. The maximum Gasteiger partial charge on any atom is 0.359 e. The summed E-state index contributed by atoms with van der Waals surface area (Å²) < 4.78 is 11.8. The van der Waals surface area contributed by atoms with Crippen LogP contribution in [0.1, 0.15) is 16.1 Å². The number of hydrogen-bond acceptors (Lipinski definition) is 4. The Kier molecular flexibility index (Phi) is 3.55. The van der Waals surface area contributed by atoms with Gasteiger partial charge in [0.25, 0.3) is 0 Å². The van der Waals surface area contributed by atoms with Gasteiger partial charge in [-0.05, 0) is 42.8 Å². The summed E-state index contributed by atoms with van der Waals surface area (Å²) in [7, 11) is 2.93. The Bertz CT molecular complexity index is 852. The first-order valence-electron chi connectivity index (χ1n) is 6.86. The van der Waals surface area contributed by atoms with Crippen molar-refractivity contribution >= 4 is 16.9 Å². The van der Waals surface area contributed by atoms with Crippen LogP contribution in [0.4, 0.5) is 0 Å². The number of fused-ring (bicyclic) bond motifs is 1. The van der Waals surface area contributed by atoms with E-state index in [9.17, 15) is 4.79 Å². The average Bonchev–Trinajstić information content (AvgIpc) is 2.92. The van der Waals surface area contributed by atoms with Gasteiger partial charge in [-0.3, -0.25) is 0 Å². The highest BCUT2D eigenvalue weighted by Crippen LogP contribution is 2.27. The van der Waals surface area contributed by atoms with E-state index in [1.165, 1.54) is 7.11 Å². The Labute approximate surface area is 128 Å². The van der Waals surface area contributed by atoms with E-state index < -0.39 is 5.97 Å². The second kappa shape index (κ2) is 5.52. The Morgan fingerprint density at radius 1 is 1.14 bits per heavy atom. The standard InChI is InChI=1S/C17H16N2O3/c1-11-5-4-6-12(9-11)19-15-8-7-13(21-2)10-14(15)16(18-19)17(20)22-3/h4-10H,1-3H3. The fourth-order valence-corrected chi connectivity index (χ4v) is 2.43. The quantitative estimate of drug-likeness (QED) is 0.697. The molecule has 3 aromatic rings. The lowest BCUT2D eigenvalue weighted by Crippen LogP contribution is -2.04. The molecule has 1 aromatic heterocycles. The van der Waals surface area contributed by atoms with Crippen molar-refractivity contribution in [1.29, 1.82) is 0 Å². The van der Waals surface area contributed by atoms with Crippen LogP contribution in [0.5, 0.6) is 5.75 Å². The maximum atomic E-state index is 12.0. The van der Waals surface area contributed by atoms with Crippen molar-refractivity contribution in [2.45, 2.75) is 6.92 Å². The molecule has 0 aliphatic heterocycles. The number of ether oxygens (including phenoxy) is 2. The molecule has 0 saturated heterocycles. The van der Waals surface area contributed by atoms with Crippen LogP contribution in [0.2, 0.25) is 0 Å². The van der Waals surface area contributed by atoms with Crippen LogP contribution in [-0.4, -0.2) is 30.0 Å². The van der Waals surface area contributed by atoms with Gasteiger partial charge in [0, 0.05) is 5.39 Å². The molecule has 0 aliphatic rings. The number of aromatic nitrogens is 2. The van der Waals surface area contributed by atoms with Crippen molar-refractivity contribution in [3.63, 3.8) is 0 Å². The Morgan fingerprint density at radius 3 is 2.64 bits per heavy atom. The normalized spacial score (nSPS) is 10.7. The SMILES string of the molecule is COC(=O)c1nn(-c2cccc(C)c2)c2ccc(OC)cc12. The van der Waals surface area contributed by atoms with Crippen molar-refractivity contribution < 1.29 is 14.3 Å². The number of nitrogens with zero attached hydrogens (tertiary/aromatic N) is 2. The molecule has 1 heterocycles. The molecule has 22 heavy (non-hydrogen) atoms. The van der Waals surface area contributed by atoms with Crippen molar-refractivity contribution in [3.05, 3.63) is 53.7 Å². The van der Waals surface area contributed by atoms with Gasteiger partial charge in [-0.1, -0.05) is 12.1 Å². The first-order valence-corrected chi connectivity index (χ1v) is 6.86. The van der Waals surface area contributed by atoms with Gasteiger partial charge < -0.3 is 9.47 Å². The summed E-state index contributed by atoms with van der Waals surface area (Å²) in [6.07, 6.45) is 0. The predicted molar refractivity (Wildman–Crippen MR) is 83.7 cm³/mol. The third-order valence-electron chi connectivity index (χ3n) is 3.51. The molecule has 5 nitrogen and oxygen atoms in total. The molecule has 0 amide bonds. The van der Waals surface area contributed by atoms with E-state index in [1.807, 2.05) is 43.3 Å². The zero-order valence-electron chi connectivity index (χ0n) is 12.7. The lowest BCUT2D eigenvalue weighted by molar-refractivity contribution is 0.0595. The summed E-state index contributed by atoms with van der Waals surface area (Å²) in [6.45, 7) is 2.01. The van der Waals surface area contributed by atoms with Crippen LogP contribution in [0, 0.1) is 6.92 Å². The van der Waals surface area contributed by atoms with Gasteiger partial charge in [-0.25, -0.2) is 9.48 Å². The highest BCUT2D eigenvalue weighted by atomic mass is 16.5. The van der Waals surface area contributed by atoms with E-state index in [0.29, 0.717) is 11.1 Å². The largest absolute Gasteiger partial charge is 0.497 e. The molecule has 0 aliphatic carbocycles. The lowest BCUT2D eigenvalue weighted by Gasteiger charge is -2.05. The van der Waals surface area contributed by atoms with Crippen LogP contribution in [0.15, 0.2) is 42.5 Å². The number of benzene rings is 2. The van der Waals surface area contributed by atoms with Crippen LogP contribution < -0.4 is 4.74 Å². The molecule has 0 fully saturated rings. The molecule has 0 saturated carbocycles. The Hall–Kier alpha value is -2.82. The van der Waals surface area contributed by atoms with Crippen molar-refractivity contribution in [2.24, 2.45) is 0 Å². The molecular formula is C17H16N2O3. The lowest BCUT2D eigenvalue weighted by atomic mass is 10.2. The van der Waals surface area contributed by atoms with Gasteiger partial charge in [0.15, 0.2) is 5.69 Å². The van der Waals surface area contributed by atoms with E-state index in [1.54, 1.807) is 17.9 Å². The molecule has 112 valence electrons. The number of rotatable bonds is 3. The molecule has 0 spiro atoms. The van der Waals surface area contributed by atoms with Gasteiger partial charge in [-0.2, -0.15) is 5.10 Å².